The van der Waals surface area contributed by atoms with E-state index < -0.39 is 12.1 Å². The molecule has 0 heterocycles. The standard InChI is InChI=1S/C18H26O5/c1-3-4-5-6-7-8-11-14-22-18(20)23-16-13-10-9-12-15(16)17(19)21-2/h9-10,12-13H,3-8,11,14H2,1-2H3. The summed E-state index contributed by atoms with van der Waals surface area (Å²) in [6.45, 7) is 2.52. The molecule has 128 valence electrons. The summed E-state index contributed by atoms with van der Waals surface area (Å²) >= 11 is 0. The average molecular weight is 322 g/mol. The third-order valence-electron chi connectivity index (χ3n) is 3.45. The molecule has 0 saturated carbocycles. The molecule has 0 amide bonds. The number of methoxy groups -OCH3 is 1. The van der Waals surface area contributed by atoms with Gasteiger partial charge in [-0.25, -0.2) is 9.59 Å². The lowest BCUT2D eigenvalue weighted by Gasteiger charge is -2.09. The number of carbonyl (C=O) groups is 2. The number of unbranched alkanes of at least 4 members (excludes halogenated alkanes) is 6. The Morgan fingerprint density at radius 1 is 0.957 bits per heavy atom. The number of esters is 1. The summed E-state index contributed by atoms with van der Waals surface area (Å²) in [5.74, 6) is -0.413. The van der Waals surface area contributed by atoms with Crippen LogP contribution in [0.25, 0.3) is 0 Å². The van der Waals surface area contributed by atoms with E-state index in [1.54, 1.807) is 12.1 Å². The van der Waals surface area contributed by atoms with Gasteiger partial charge < -0.3 is 14.2 Å². The maximum Gasteiger partial charge on any atom is 0.513 e. The van der Waals surface area contributed by atoms with Gasteiger partial charge in [-0.15, -0.1) is 0 Å². The second kappa shape index (κ2) is 11.5. The van der Waals surface area contributed by atoms with Crippen LogP contribution in [0.4, 0.5) is 4.79 Å². The van der Waals surface area contributed by atoms with E-state index >= 15 is 0 Å². The molecule has 0 aromatic heterocycles. The van der Waals surface area contributed by atoms with Gasteiger partial charge in [-0.2, -0.15) is 0 Å². The lowest BCUT2D eigenvalue weighted by atomic mass is 10.1. The van der Waals surface area contributed by atoms with Crippen LogP contribution < -0.4 is 4.74 Å². The Kier molecular flexibility index (Phi) is 9.52. The topological polar surface area (TPSA) is 61.8 Å². The fourth-order valence-corrected chi connectivity index (χ4v) is 2.17. The molecular weight excluding hydrogens is 296 g/mol. The molecule has 1 aromatic carbocycles. The smallest absolute Gasteiger partial charge is 0.465 e. The second-order valence-corrected chi connectivity index (χ2v) is 5.31. The Morgan fingerprint density at radius 2 is 1.61 bits per heavy atom. The molecular formula is C18H26O5. The SMILES string of the molecule is CCCCCCCCCOC(=O)Oc1ccccc1C(=O)OC. The number of rotatable bonds is 10. The first kappa shape index (κ1) is 19.0. The number of carbonyl (C=O) groups excluding carboxylic acids is 2. The number of para-hydroxylation sites is 1. The van der Waals surface area contributed by atoms with Gasteiger partial charge >= 0.3 is 12.1 Å². The van der Waals surface area contributed by atoms with Gasteiger partial charge in [0, 0.05) is 0 Å². The summed E-state index contributed by atoms with van der Waals surface area (Å²) in [6, 6.07) is 6.40. The summed E-state index contributed by atoms with van der Waals surface area (Å²) in [4.78, 5) is 23.2. The highest BCUT2D eigenvalue weighted by atomic mass is 16.7. The molecule has 0 bridgehead atoms. The molecule has 1 aromatic rings. The van der Waals surface area contributed by atoms with Crippen molar-refractivity contribution < 1.29 is 23.8 Å². The van der Waals surface area contributed by atoms with Crippen LogP contribution in [0.5, 0.6) is 5.75 Å². The minimum absolute atomic E-state index is 0.143. The molecule has 0 radical (unpaired) electrons. The van der Waals surface area contributed by atoms with Crippen LogP contribution in [0.2, 0.25) is 0 Å². The van der Waals surface area contributed by atoms with Crippen LogP contribution in [0.3, 0.4) is 0 Å². The maximum atomic E-state index is 11.7. The first-order valence-electron chi connectivity index (χ1n) is 8.21. The summed E-state index contributed by atoms with van der Waals surface area (Å²) in [7, 11) is 1.28. The van der Waals surface area contributed by atoms with E-state index in [4.69, 9.17) is 9.47 Å². The molecule has 1 rings (SSSR count). The lowest BCUT2D eigenvalue weighted by molar-refractivity contribution is 0.0594. The molecule has 0 aliphatic heterocycles. The van der Waals surface area contributed by atoms with E-state index in [1.165, 1.54) is 44.9 Å². The van der Waals surface area contributed by atoms with Gasteiger partial charge in [0.25, 0.3) is 0 Å². The molecule has 5 nitrogen and oxygen atoms in total. The number of benzene rings is 1. The minimum atomic E-state index is -0.799. The molecule has 0 aliphatic carbocycles. The Balaban J connectivity index is 2.26. The van der Waals surface area contributed by atoms with E-state index in [9.17, 15) is 9.59 Å². The highest BCUT2D eigenvalue weighted by Crippen LogP contribution is 2.19. The zero-order valence-electron chi connectivity index (χ0n) is 14.0. The van der Waals surface area contributed by atoms with Crippen molar-refractivity contribution in [1.82, 2.24) is 0 Å². The highest BCUT2D eigenvalue weighted by molar-refractivity contribution is 5.93. The van der Waals surface area contributed by atoms with Crippen LogP contribution in [-0.4, -0.2) is 25.8 Å². The van der Waals surface area contributed by atoms with Crippen molar-refractivity contribution in [2.24, 2.45) is 0 Å². The van der Waals surface area contributed by atoms with Gasteiger partial charge in [0.05, 0.1) is 13.7 Å². The Morgan fingerprint density at radius 3 is 2.30 bits per heavy atom. The van der Waals surface area contributed by atoms with E-state index in [1.807, 2.05) is 0 Å². The van der Waals surface area contributed by atoms with Crippen LogP contribution in [0, 0.1) is 0 Å². The number of ether oxygens (including phenoxy) is 3. The van der Waals surface area contributed by atoms with Crippen molar-refractivity contribution in [3.8, 4) is 5.75 Å². The first-order chi connectivity index (χ1) is 11.2. The molecule has 0 atom stereocenters. The van der Waals surface area contributed by atoms with Crippen LogP contribution in [0.1, 0.15) is 62.2 Å². The fraction of sp³-hybridized carbons (Fsp3) is 0.556. The quantitative estimate of drug-likeness (QED) is 0.354. The number of hydrogen-bond donors (Lipinski definition) is 0. The second-order valence-electron chi connectivity index (χ2n) is 5.31. The van der Waals surface area contributed by atoms with E-state index in [0.29, 0.717) is 6.61 Å². The molecule has 23 heavy (non-hydrogen) atoms. The summed E-state index contributed by atoms with van der Waals surface area (Å²) in [5.41, 5.74) is 0.197. The maximum absolute atomic E-state index is 11.7. The van der Waals surface area contributed by atoms with Crippen LogP contribution in [0.15, 0.2) is 24.3 Å². The highest BCUT2D eigenvalue weighted by Gasteiger charge is 2.15. The van der Waals surface area contributed by atoms with Gasteiger partial charge in [-0.05, 0) is 18.6 Å². The van der Waals surface area contributed by atoms with Gasteiger partial charge in [0.2, 0.25) is 0 Å². The molecule has 5 heteroatoms. The molecule has 0 N–H and O–H groups in total. The van der Waals surface area contributed by atoms with Gasteiger partial charge in [-0.1, -0.05) is 57.6 Å². The van der Waals surface area contributed by atoms with Crippen molar-refractivity contribution in [2.45, 2.75) is 51.9 Å². The molecule has 0 aliphatic rings. The van der Waals surface area contributed by atoms with Crippen LogP contribution >= 0.6 is 0 Å². The van der Waals surface area contributed by atoms with Crippen molar-refractivity contribution in [2.75, 3.05) is 13.7 Å². The van der Waals surface area contributed by atoms with Crippen molar-refractivity contribution in [3.05, 3.63) is 29.8 Å². The predicted molar refractivity (Wildman–Crippen MR) is 87.8 cm³/mol. The Labute approximate surface area is 137 Å². The largest absolute Gasteiger partial charge is 0.513 e. The molecule has 0 unspecified atom stereocenters. The predicted octanol–water partition coefficient (Wildman–Crippen LogP) is 4.74. The summed E-state index contributed by atoms with van der Waals surface area (Å²) < 4.78 is 14.7. The van der Waals surface area contributed by atoms with E-state index in [0.717, 1.165) is 19.3 Å². The zero-order valence-corrected chi connectivity index (χ0v) is 14.0. The number of hydrogen-bond acceptors (Lipinski definition) is 5. The minimum Gasteiger partial charge on any atom is -0.465 e. The van der Waals surface area contributed by atoms with Crippen molar-refractivity contribution in [1.29, 1.82) is 0 Å². The Hall–Kier alpha value is -2.04. The normalized spacial score (nSPS) is 10.2. The summed E-state index contributed by atoms with van der Waals surface area (Å²) in [5, 5.41) is 0. The molecule has 0 fully saturated rings. The lowest BCUT2D eigenvalue weighted by Crippen LogP contribution is -2.14. The summed E-state index contributed by atoms with van der Waals surface area (Å²) in [6.07, 6.45) is 7.23. The van der Waals surface area contributed by atoms with Crippen molar-refractivity contribution in [3.63, 3.8) is 0 Å². The van der Waals surface area contributed by atoms with E-state index in [-0.39, 0.29) is 11.3 Å². The van der Waals surface area contributed by atoms with Crippen LogP contribution in [-0.2, 0) is 9.47 Å². The monoisotopic (exact) mass is 322 g/mol. The first-order valence-corrected chi connectivity index (χ1v) is 8.21. The van der Waals surface area contributed by atoms with Gasteiger partial charge in [0.15, 0.2) is 0 Å². The van der Waals surface area contributed by atoms with Gasteiger partial charge in [-0.3, -0.25) is 0 Å². The fourth-order valence-electron chi connectivity index (χ4n) is 2.17. The van der Waals surface area contributed by atoms with Crippen molar-refractivity contribution >= 4 is 12.1 Å². The van der Waals surface area contributed by atoms with Gasteiger partial charge in [0.1, 0.15) is 11.3 Å². The zero-order chi connectivity index (χ0) is 16.9. The third kappa shape index (κ3) is 7.68. The van der Waals surface area contributed by atoms with E-state index in [2.05, 4.69) is 11.7 Å². The third-order valence-corrected chi connectivity index (χ3v) is 3.45. The molecule has 0 saturated heterocycles. The Bertz CT molecular complexity index is 484. The molecule has 0 spiro atoms. The average Bonchev–Trinajstić information content (AvgIpc) is 2.57.